The number of benzene rings is 3. The average molecular weight is 297 g/mol. The van der Waals surface area contributed by atoms with Crippen LogP contribution in [0.3, 0.4) is 0 Å². The van der Waals surface area contributed by atoms with E-state index in [1.807, 2.05) is 24.3 Å². The fourth-order valence-corrected chi connectivity index (χ4v) is 3.07. The first kappa shape index (κ1) is 14.0. The van der Waals surface area contributed by atoms with Gasteiger partial charge in [0.05, 0.1) is 7.11 Å². The molecule has 0 aromatic heterocycles. The third-order valence-electron chi connectivity index (χ3n) is 3.92. The monoisotopic (exact) mass is 296 g/mol. The van der Waals surface area contributed by atoms with E-state index in [1.165, 1.54) is 27.6 Å². The Morgan fingerprint density at radius 1 is 0.857 bits per heavy atom. The number of hydrogen-bond acceptors (Lipinski definition) is 1. The molecule has 0 aliphatic heterocycles. The fourth-order valence-electron chi connectivity index (χ4n) is 2.84. The third kappa shape index (κ3) is 2.38. The van der Waals surface area contributed by atoms with Crippen LogP contribution in [-0.2, 0) is 0 Å². The molecule has 3 rings (SSSR count). The highest BCUT2D eigenvalue weighted by Gasteiger charge is 2.12. The number of ether oxygens (including phenoxy) is 1. The van der Waals surface area contributed by atoms with Gasteiger partial charge in [-0.3, -0.25) is 0 Å². The lowest BCUT2D eigenvalue weighted by Gasteiger charge is -2.14. The van der Waals surface area contributed by atoms with E-state index in [-0.39, 0.29) is 0 Å². The minimum atomic E-state index is 0.764. The van der Waals surface area contributed by atoms with Crippen molar-refractivity contribution in [1.82, 2.24) is 0 Å². The zero-order chi connectivity index (χ0) is 15.0. The van der Waals surface area contributed by atoms with Crippen molar-refractivity contribution in [3.05, 3.63) is 64.7 Å². The molecule has 0 amide bonds. The zero-order valence-electron chi connectivity index (χ0n) is 12.4. The first-order chi connectivity index (χ1) is 10.1. The smallest absolute Gasteiger partial charge is 0.127 e. The summed E-state index contributed by atoms with van der Waals surface area (Å²) in [5.74, 6) is 0.903. The number of hydrogen-bond donors (Lipinski definition) is 0. The normalized spacial score (nSPS) is 10.9. The molecule has 1 nitrogen and oxygen atoms in total. The van der Waals surface area contributed by atoms with E-state index in [2.05, 4.69) is 38.1 Å². The van der Waals surface area contributed by atoms with E-state index in [4.69, 9.17) is 16.3 Å². The second kappa shape index (κ2) is 5.42. The van der Waals surface area contributed by atoms with Crippen molar-refractivity contribution in [3.63, 3.8) is 0 Å². The van der Waals surface area contributed by atoms with Crippen LogP contribution >= 0.6 is 11.6 Å². The Bertz CT molecular complexity index is 821. The lowest BCUT2D eigenvalue weighted by atomic mass is 9.92. The van der Waals surface area contributed by atoms with Gasteiger partial charge >= 0.3 is 0 Å². The summed E-state index contributed by atoms with van der Waals surface area (Å²) in [6, 6.07) is 16.5. The quantitative estimate of drug-likeness (QED) is 0.582. The topological polar surface area (TPSA) is 9.23 Å². The SMILES string of the molecule is COc1cccc2c(C)ccc(-c3ccc(Cl)cc3C)c12. The number of fused-ring (bicyclic) bond motifs is 1. The summed E-state index contributed by atoms with van der Waals surface area (Å²) in [5.41, 5.74) is 4.79. The molecule has 0 aliphatic rings. The standard InChI is InChI=1S/C19H17ClO/c1-12-7-9-17(15-10-8-14(20)11-13(15)2)19-16(12)5-4-6-18(19)21-3/h4-11H,1-3H3. The summed E-state index contributed by atoms with van der Waals surface area (Å²) < 4.78 is 5.58. The Hall–Kier alpha value is -1.99. The van der Waals surface area contributed by atoms with Crippen LogP contribution in [0.1, 0.15) is 11.1 Å². The van der Waals surface area contributed by atoms with Gasteiger partial charge in [-0.15, -0.1) is 0 Å². The van der Waals surface area contributed by atoms with E-state index < -0.39 is 0 Å². The lowest BCUT2D eigenvalue weighted by molar-refractivity contribution is 0.420. The molecule has 3 aromatic rings. The minimum absolute atomic E-state index is 0.764. The first-order valence-corrected chi connectivity index (χ1v) is 7.32. The molecule has 0 fully saturated rings. The van der Waals surface area contributed by atoms with Gasteiger partial charge in [-0.25, -0.2) is 0 Å². The van der Waals surface area contributed by atoms with Crippen LogP contribution < -0.4 is 4.74 Å². The van der Waals surface area contributed by atoms with Crippen molar-refractivity contribution in [1.29, 1.82) is 0 Å². The van der Waals surface area contributed by atoms with Gasteiger partial charge in [0.25, 0.3) is 0 Å². The largest absolute Gasteiger partial charge is 0.496 e. The Morgan fingerprint density at radius 2 is 1.62 bits per heavy atom. The van der Waals surface area contributed by atoms with Crippen LogP contribution in [0, 0.1) is 13.8 Å². The highest BCUT2D eigenvalue weighted by atomic mass is 35.5. The molecule has 0 unspecified atom stereocenters. The van der Waals surface area contributed by atoms with E-state index in [0.29, 0.717) is 0 Å². The molecule has 0 spiro atoms. The Morgan fingerprint density at radius 3 is 2.33 bits per heavy atom. The number of halogens is 1. The van der Waals surface area contributed by atoms with Crippen molar-refractivity contribution < 1.29 is 4.74 Å². The van der Waals surface area contributed by atoms with E-state index in [0.717, 1.165) is 16.2 Å². The molecule has 0 saturated heterocycles. The van der Waals surface area contributed by atoms with Crippen LogP contribution in [0.5, 0.6) is 5.75 Å². The fraction of sp³-hybridized carbons (Fsp3) is 0.158. The molecule has 0 N–H and O–H groups in total. The number of methoxy groups -OCH3 is 1. The molecule has 0 heterocycles. The van der Waals surface area contributed by atoms with Gasteiger partial charge in [0.2, 0.25) is 0 Å². The van der Waals surface area contributed by atoms with Crippen LogP contribution in [0.25, 0.3) is 21.9 Å². The second-order valence-corrected chi connectivity index (χ2v) is 5.71. The average Bonchev–Trinajstić information content (AvgIpc) is 2.48. The summed E-state index contributed by atoms with van der Waals surface area (Å²) in [6.07, 6.45) is 0. The molecule has 3 aromatic carbocycles. The van der Waals surface area contributed by atoms with Crippen molar-refractivity contribution in [2.75, 3.05) is 7.11 Å². The second-order valence-electron chi connectivity index (χ2n) is 5.27. The molecule has 0 saturated carbocycles. The van der Waals surface area contributed by atoms with Gasteiger partial charge in [-0.1, -0.05) is 41.9 Å². The Balaban J connectivity index is 2.40. The predicted molar refractivity (Wildman–Crippen MR) is 90.4 cm³/mol. The maximum Gasteiger partial charge on any atom is 0.127 e. The molecule has 21 heavy (non-hydrogen) atoms. The van der Waals surface area contributed by atoms with E-state index >= 15 is 0 Å². The Kier molecular flexibility index (Phi) is 3.60. The van der Waals surface area contributed by atoms with Crippen LogP contribution in [0.15, 0.2) is 48.5 Å². The van der Waals surface area contributed by atoms with Gasteiger partial charge in [-0.2, -0.15) is 0 Å². The summed E-state index contributed by atoms with van der Waals surface area (Å²) in [5, 5.41) is 3.14. The van der Waals surface area contributed by atoms with Gasteiger partial charge in [0, 0.05) is 10.4 Å². The number of aryl methyl sites for hydroxylation is 2. The van der Waals surface area contributed by atoms with Crippen molar-refractivity contribution in [3.8, 4) is 16.9 Å². The summed E-state index contributed by atoms with van der Waals surface area (Å²) in [7, 11) is 1.72. The van der Waals surface area contributed by atoms with Crippen molar-refractivity contribution >= 4 is 22.4 Å². The highest BCUT2D eigenvalue weighted by molar-refractivity contribution is 6.30. The molecule has 106 valence electrons. The maximum absolute atomic E-state index is 6.08. The highest BCUT2D eigenvalue weighted by Crippen LogP contribution is 2.38. The third-order valence-corrected chi connectivity index (χ3v) is 4.15. The summed E-state index contributed by atoms with van der Waals surface area (Å²) >= 11 is 6.08. The van der Waals surface area contributed by atoms with Crippen molar-refractivity contribution in [2.24, 2.45) is 0 Å². The zero-order valence-corrected chi connectivity index (χ0v) is 13.2. The van der Waals surface area contributed by atoms with E-state index in [1.54, 1.807) is 7.11 Å². The van der Waals surface area contributed by atoms with Gasteiger partial charge < -0.3 is 4.74 Å². The van der Waals surface area contributed by atoms with Crippen molar-refractivity contribution in [2.45, 2.75) is 13.8 Å². The predicted octanol–water partition coefficient (Wildman–Crippen LogP) is 5.79. The minimum Gasteiger partial charge on any atom is -0.496 e. The van der Waals surface area contributed by atoms with Crippen LogP contribution in [0.4, 0.5) is 0 Å². The summed E-state index contributed by atoms with van der Waals surface area (Å²) in [6.45, 7) is 4.21. The maximum atomic E-state index is 6.08. The summed E-state index contributed by atoms with van der Waals surface area (Å²) in [4.78, 5) is 0. The van der Waals surface area contributed by atoms with E-state index in [9.17, 15) is 0 Å². The lowest BCUT2D eigenvalue weighted by Crippen LogP contribution is -1.91. The molecule has 0 atom stereocenters. The molecule has 0 bridgehead atoms. The molecular weight excluding hydrogens is 280 g/mol. The molecular formula is C19H17ClO. The first-order valence-electron chi connectivity index (χ1n) is 6.94. The van der Waals surface area contributed by atoms with Gasteiger partial charge in [0.15, 0.2) is 0 Å². The van der Waals surface area contributed by atoms with Gasteiger partial charge in [-0.05, 0) is 59.7 Å². The van der Waals surface area contributed by atoms with Gasteiger partial charge in [0.1, 0.15) is 5.75 Å². The Labute approximate surface area is 130 Å². The number of rotatable bonds is 2. The van der Waals surface area contributed by atoms with Crippen LogP contribution in [0.2, 0.25) is 5.02 Å². The molecule has 0 radical (unpaired) electrons. The molecule has 2 heteroatoms. The van der Waals surface area contributed by atoms with Crippen LogP contribution in [-0.4, -0.2) is 7.11 Å². The molecule has 0 aliphatic carbocycles.